The number of rotatable bonds is 1. The Bertz CT molecular complexity index is 407. The average Bonchev–Trinajstić information content (AvgIpc) is 2.07. The van der Waals surface area contributed by atoms with Crippen LogP contribution in [0, 0.1) is 18.3 Å². The molecule has 0 aliphatic heterocycles. The number of hydrogen-bond acceptors (Lipinski definition) is 2. The lowest BCUT2D eigenvalue weighted by Crippen LogP contribution is -1.99. The minimum absolute atomic E-state index is 0.0261. The van der Waals surface area contributed by atoms with Crippen molar-refractivity contribution in [3.8, 4) is 6.07 Å². The predicted octanol–water partition coefficient (Wildman–Crippen LogP) is 2.22. The third-order valence-electron chi connectivity index (χ3n) is 1.66. The zero-order chi connectivity index (χ0) is 10.0. The first-order valence-electron chi connectivity index (χ1n) is 3.50. The van der Waals surface area contributed by atoms with E-state index >= 15 is 0 Å². The standard InChI is InChI=1S/C9H6ClNO2/c1-5-2-7(9(12)13)8(10)3-6(5)4-11/h2-3H,1H3,(H,12,13). The number of carbonyl (C=O) groups is 1. The highest BCUT2D eigenvalue weighted by Gasteiger charge is 2.10. The van der Waals surface area contributed by atoms with Crippen LogP contribution >= 0.6 is 11.6 Å². The molecule has 0 aromatic heterocycles. The molecule has 0 amide bonds. The van der Waals surface area contributed by atoms with Crippen LogP contribution < -0.4 is 0 Å². The quantitative estimate of drug-likeness (QED) is 0.748. The van der Waals surface area contributed by atoms with E-state index in [1.807, 2.05) is 6.07 Å². The number of carboxylic acid groups (broad SMARTS) is 1. The molecule has 1 aromatic rings. The van der Waals surface area contributed by atoms with Crippen molar-refractivity contribution >= 4 is 17.6 Å². The molecule has 0 bridgehead atoms. The van der Waals surface area contributed by atoms with Crippen molar-refractivity contribution < 1.29 is 9.90 Å². The van der Waals surface area contributed by atoms with Gasteiger partial charge in [0.2, 0.25) is 0 Å². The second-order valence-electron chi connectivity index (χ2n) is 2.56. The fraction of sp³-hybridized carbons (Fsp3) is 0.111. The molecule has 0 saturated carbocycles. The summed E-state index contributed by atoms with van der Waals surface area (Å²) in [6.45, 7) is 1.67. The van der Waals surface area contributed by atoms with Gasteiger partial charge in [-0.1, -0.05) is 11.6 Å². The summed E-state index contributed by atoms with van der Waals surface area (Å²) in [7, 11) is 0. The monoisotopic (exact) mass is 195 g/mol. The summed E-state index contributed by atoms with van der Waals surface area (Å²) >= 11 is 5.64. The molecule has 3 nitrogen and oxygen atoms in total. The third-order valence-corrected chi connectivity index (χ3v) is 1.98. The molecule has 0 saturated heterocycles. The smallest absolute Gasteiger partial charge is 0.337 e. The van der Waals surface area contributed by atoms with Gasteiger partial charge in [-0.2, -0.15) is 5.26 Å². The Morgan fingerprint density at radius 2 is 2.23 bits per heavy atom. The Balaban J connectivity index is 3.39. The van der Waals surface area contributed by atoms with Crippen LogP contribution in [-0.2, 0) is 0 Å². The number of nitrogens with zero attached hydrogens (tertiary/aromatic N) is 1. The summed E-state index contributed by atoms with van der Waals surface area (Å²) in [5, 5.41) is 17.4. The number of nitriles is 1. The number of benzene rings is 1. The van der Waals surface area contributed by atoms with Gasteiger partial charge in [0, 0.05) is 0 Å². The van der Waals surface area contributed by atoms with Crippen molar-refractivity contribution in [2.45, 2.75) is 6.92 Å². The Kier molecular flexibility index (Phi) is 2.54. The Morgan fingerprint density at radius 3 is 2.69 bits per heavy atom. The molecule has 0 unspecified atom stereocenters. The van der Waals surface area contributed by atoms with Gasteiger partial charge >= 0.3 is 5.97 Å². The van der Waals surface area contributed by atoms with Crippen molar-refractivity contribution in [1.29, 1.82) is 5.26 Å². The molecule has 0 fully saturated rings. The molecular formula is C9H6ClNO2. The number of aromatic carboxylic acids is 1. The molecule has 13 heavy (non-hydrogen) atoms. The van der Waals surface area contributed by atoms with Crippen molar-refractivity contribution in [3.05, 3.63) is 33.8 Å². The first kappa shape index (κ1) is 9.56. The van der Waals surface area contributed by atoms with Gasteiger partial charge < -0.3 is 5.11 Å². The van der Waals surface area contributed by atoms with E-state index in [2.05, 4.69) is 0 Å². The lowest BCUT2D eigenvalue weighted by Gasteiger charge is -2.01. The van der Waals surface area contributed by atoms with Crippen LogP contribution in [0.15, 0.2) is 12.1 Å². The highest BCUT2D eigenvalue weighted by Crippen LogP contribution is 2.20. The fourth-order valence-corrected chi connectivity index (χ4v) is 1.21. The molecule has 0 radical (unpaired) electrons. The molecular weight excluding hydrogens is 190 g/mol. The summed E-state index contributed by atoms with van der Waals surface area (Å²) in [6, 6.07) is 4.68. The lowest BCUT2D eigenvalue weighted by molar-refractivity contribution is 0.0697. The Hall–Kier alpha value is -1.53. The first-order valence-corrected chi connectivity index (χ1v) is 3.87. The molecule has 0 spiro atoms. The number of carboxylic acids is 1. The summed E-state index contributed by atoms with van der Waals surface area (Å²) in [5.41, 5.74) is 1.04. The van der Waals surface area contributed by atoms with E-state index < -0.39 is 5.97 Å². The van der Waals surface area contributed by atoms with E-state index in [0.29, 0.717) is 11.1 Å². The SMILES string of the molecule is Cc1cc(C(=O)O)c(Cl)cc1C#N. The van der Waals surface area contributed by atoms with Gasteiger partial charge in [0.15, 0.2) is 0 Å². The summed E-state index contributed by atoms with van der Waals surface area (Å²) < 4.78 is 0. The molecule has 0 aliphatic carbocycles. The van der Waals surface area contributed by atoms with E-state index in [-0.39, 0.29) is 10.6 Å². The second-order valence-corrected chi connectivity index (χ2v) is 2.97. The van der Waals surface area contributed by atoms with Crippen LogP contribution in [-0.4, -0.2) is 11.1 Å². The van der Waals surface area contributed by atoms with E-state index in [1.165, 1.54) is 12.1 Å². The van der Waals surface area contributed by atoms with E-state index in [9.17, 15) is 4.79 Å². The number of aryl methyl sites for hydroxylation is 1. The van der Waals surface area contributed by atoms with Gasteiger partial charge in [-0.15, -0.1) is 0 Å². The maximum atomic E-state index is 10.6. The van der Waals surface area contributed by atoms with Crippen LogP contribution in [0.5, 0.6) is 0 Å². The summed E-state index contributed by atoms with van der Waals surface area (Å²) in [5.74, 6) is -1.09. The largest absolute Gasteiger partial charge is 0.478 e. The molecule has 0 aliphatic rings. The zero-order valence-electron chi connectivity index (χ0n) is 6.84. The fourth-order valence-electron chi connectivity index (χ4n) is 0.966. The number of hydrogen-bond donors (Lipinski definition) is 1. The molecule has 66 valence electrons. The minimum Gasteiger partial charge on any atom is -0.478 e. The first-order chi connectivity index (χ1) is 6.06. The zero-order valence-corrected chi connectivity index (χ0v) is 7.59. The molecule has 1 rings (SSSR count). The molecule has 4 heteroatoms. The maximum absolute atomic E-state index is 10.6. The van der Waals surface area contributed by atoms with Crippen LogP contribution in [0.4, 0.5) is 0 Å². The van der Waals surface area contributed by atoms with E-state index in [1.54, 1.807) is 6.92 Å². The predicted molar refractivity (Wildman–Crippen MR) is 47.9 cm³/mol. The summed E-state index contributed by atoms with van der Waals surface area (Å²) in [6.07, 6.45) is 0. The van der Waals surface area contributed by atoms with Crippen LogP contribution in [0.2, 0.25) is 5.02 Å². The maximum Gasteiger partial charge on any atom is 0.337 e. The van der Waals surface area contributed by atoms with Gasteiger partial charge in [0.1, 0.15) is 0 Å². The Labute approximate surface area is 80.2 Å². The van der Waals surface area contributed by atoms with Crippen LogP contribution in [0.1, 0.15) is 21.5 Å². The van der Waals surface area contributed by atoms with Crippen LogP contribution in [0.25, 0.3) is 0 Å². The molecule has 0 atom stereocenters. The van der Waals surface area contributed by atoms with Crippen molar-refractivity contribution in [2.24, 2.45) is 0 Å². The summed E-state index contributed by atoms with van der Waals surface area (Å²) in [4.78, 5) is 10.6. The van der Waals surface area contributed by atoms with Gasteiger partial charge in [-0.25, -0.2) is 4.79 Å². The lowest BCUT2D eigenvalue weighted by atomic mass is 10.1. The second kappa shape index (κ2) is 3.46. The van der Waals surface area contributed by atoms with Crippen molar-refractivity contribution in [1.82, 2.24) is 0 Å². The highest BCUT2D eigenvalue weighted by atomic mass is 35.5. The topological polar surface area (TPSA) is 61.1 Å². The number of halogens is 1. The van der Waals surface area contributed by atoms with Crippen molar-refractivity contribution in [3.63, 3.8) is 0 Å². The van der Waals surface area contributed by atoms with Gasteiger partial charge in [-0.3, -0.25) is 0 Å². The molecule has 0 heterocycles. The van der Waals surface area contributed by atoms with Gasteiger partial charge in [-0.05, 0) is 24.6 Å². The Morgan fingerprint density at radius 1 is 1.62 bits per heavy atom. The normalized spacial score (nSPS) is 9.31. The van der Waals surface area contributed by atoms with E-state index in [0.717, 1.165) is 0 Å². The minimum atomic E-state index is -1.09. The highest BCUT2D eigenvalue weighted by molar-refractivity contribution is 6.33. The van der Waals surface area contributed by atoms with Gasteiger partial charge in [0.05, 0.1) is 22.2 Å². The average molecular weight is 196 g/mol. The van der Waals surface area contributed by atoms with Crippen molar-refractivity contribution in [2.75, 3.05) is 0 Å². The third kappa shape index (κ3) is 1.79. The van der Waals surface area contributed by atoms with E-state index in [4.69, 9.17) is 22.0 Å². The molecule has 1 aromatic carbocycles. The van der Waals surface area contributed by atoms with Crippen LogP contribution in [0.3, 0.4) is 0 Å². The van der Waals surface area contributed by atoms with Gasteiger partial charge in [0.25, 0.3) is 0 Å². The molecule has 1 N–H and O–H groups in total.